The van der Waals surface area contributed by atoms with Crippen molar-refractivity contribution in [2.75, 3.05) is 26.8 Å². The molecule has 0 radical (unpaired) electrons. The molecule has 3 aliphatic rings. The lowest BCUT2D eigenvalue weighted by Gasteiger charge is -2.30. The molecule has 0 unspecified atom stereocenters. The number of aliphatic hydroxyl groups is 1. The molecule has 0 spiro atoms. The Kier molecular flexibility index (Phi) is 7.01. The number of fused-ring (bicyclic) bond motifs is 2. The van der Waals surface area contributed by atoms with Crippen LogP contribution in [0.3, 0.4) is 0 Å². The summed E-state index contributed by atoms with van der Waals surface area (Å²) in [4.78, 5) is 56.9. The average molecular weight is 509 g/mol. The van der Waals surface area contributed by atoms with Crippen molar-refractivity contribution in [3.05, 3.63) is 42.1 Å². The molecular formula is C27H32N4O6. The predicted molar refractivity (Wildman–Crippen MR) is 135 cm³/mol. The van der Waals surface area contributed by atoms with E-state index in [4.69, 9.17) is 4.74 Å². The standard InChI is InChI=1S/C27H32N4O6/c1-37-23-9-3-8-19-18(23)12-21(29-19)27(36)31-13-16-5-2-7-17(16)24(31)26(35)30-20(22(33)14-32)11-15-6-4-10-28-25(15)34/h2-3,5,8-9,12,15-17,20,24,29,32H,4,6-7,10-11,13-14H2,1H3,(H,28,34)(H,30,35)/t15-,16-,17-,20-,24-/m0/s1. The van der Waals surface area contributed by atoms with E-state index in [2.05, 4.69) is 15.6 Å². The number of carbonyl (C=O) groups excluding carboxylic acids is 4. The number of benzene rings is 1. The Hall–Kier alpha value is -3.66. The number of rotatable bonds is 8. The molecule has 5 rings (SSSR count). The van der Waals surface area contributed by atoms with E-state index in [0.29, 0.717) is 37.4 Å². The molecule has 3 amide bonds. The number of aromatic nitrogens is 1. The molecule has 1 aliphatic carbocycles. The van der Waals surface area contributed by atoms with E-state index in [0.717, 1.165) is 17.3 Å². The number of nitrogens with one attached hydrogen (secondary N) is 3. The number of hydrogen-bond acceptors (Lipinski definition) is 6. The van der Waals surface area contributed by atoms with Gasteiger partial charge in [0, 0.05) is 35.8 Å². The second-order valence-corrected chi connectivity index (χ2v) is 10.0. The van der Waals surface area contributed by atoms with Crippen molar-refractivity contribution < 1.29 is 29.0 Å². The van der Waals surface area contributed by atoms with E-state index in [1.54, 1.807) is 18.1 Å². The predicted octanol–water partition coefficient (Wildman–Crippen LogP) is 1.16. The van der Waals surface area contributed by atoms with Crippen LogP contribution in [0.4, 0.5) is 0 Å². The number of ketones is 1. The van der Waals surface area contributed by atoms with Crippen LogP contribution in [0.5, 0.6) is 5.75 Å². The summed E-state index contributed by atoms with van der Waals surface area (Å²) >= 11 is 0. The molecule has 3 heterocycles. The molecule has 1 aromatic carbocycles. The number of H-pyrrole nitrogens is 1. The third-order valence-electron chi connectivity index (χ3n) is 7.87. The fourth-order valence-corrected chi connectivity index (χ4v) is 5.96. The zero-order chi connectivity index (χ0) is 26.1. The van der Waals surface area contributed by atoms with Crippen LogP contribution >= 0.6 is 0 Å². The number of hydrogen-bond donors (Lipinski definition) is 4. The van der Waals surface area contributed by atoms with Gasteiger partial charge in [-0.05, 0) is 49.8 Å². The first kappa shape index (κ1) is 25.0. The van der Waals surface area contributed by atoms with Crippen molar-refractivity contribution in [1.29, 1.82) is 0 Å². The zero-order valence-corrected chi connectivity index (χ0v) is 20.7. The van der Waals surface area contributed by atoms with Crippen LogP contribution in [0, 0.1) is 17.8 Å². The zero-order valence-electron chi connectivity index (χ0n) is 20.7. The van der Waals surface area contributed by atoms with E-state index in [1.807, 2.05) is 30.4 Å². The fourth-order valence-electron chi connectivity index (χ4n) is 5.96. The fraction of sp³-hybridized carbons (Fsp3) is 0.481. The molecule has 4 N–H and O–H groups in total. The first-order chi connectivity index (χ1) is 17.9. The number of carbonyl (C=O) groups is 4. The van der Waals surface area contributed by atoms with Gasteiger partial charge < -0.3 is 30.4 Å². The van der Waals surface area contributed by atoms with Gasteiger partial charge in [-0.3, -0.25) is 19.2 Å². The Balaban J connectivity index is 1.39. The monoisotopic (exact) mass is 508 g/mol. The molecule has 0 saturated carbocycles. The van der Waals surface area contributed by atoms with Gasteiger partial charge in [-0.1, -0.05) is 18.2 Å². The van der Waals surface area contributed by atoms with Gasteiger partial charge in [0.05, 0.1) is 13.2 Å². The molecule has 2 aliphatic heterocycles. The van der Waals surface area contributed by atoms with Crippen molar-refractivity contribution in [2.45, 2.75) is 37.8 Å². The van der Waals surface area contributed by atoms with E-state index in [1.165, 1.54) is 0 Å². The molecule has 2 fully saturated rings. The number of Topliss-reactive ketones (excluding diaryl/α,β-unsaturated/α-hetero) is 1. The molecule has 196 valence electrons. The summed E-state index contributed by atoms with van der Waals surface area (Å²) in [6.45, 7) is 0.237. The van der Waals surface area contributed by atoms with Crippen LogP contribution in [0.1, 0.15) is 36.2 Å². The number of aliphatic hydroxyl groups excluding tert-OH is 1. The highest BCUT2D eigenvalue weighted by Gasteiger charge is 2.49. The van der Waals surface area contributed by atoms with Crippen LogP contribution < -0.4 is 15.4 Å². The SMILES string of the molecule is COc1cccc2[nH]c(C(=O)N3C[C@@H]4C=CC[C@@H]4[C@H]3C(=O)N[C@@H](C[C@@H]3CCCNC3=O)C(=O)CO)cc12. The van der Waals surface area contributed by atoms with Crippen LogP contribution in [0.15, 0.2) is 36.4 Å². The second-order valence-electron chi connectivity index (χ2n) is 10.0. The van der Waals surface area contributed by atoms with Crippen molar-refractivity contribution in [3.63, 3.8) is 0 Å². The summed E-state index contributed by atoms with van der Waals surface area (Å²) in [6.07, 6.45) is 6.23. The lowest BCUT2D eigenvalue weighted by molar-refractivity contribution is -0.134. The van der Waals surface area contributed by atoms with Crippen LogP contribution in [0.2, 0.25) is 0 Å². The molecule has 1 aromatic heterocycles. The van der Waals surface area contributed by atoms with Crippen molar-refractivity contribution >= 4 is 34.4 Å². The maximum atomic E-state index is 13.7. The third-order valence-corrected chi connectivity index (χ3v) is 7.87. The largest absolute Gasteiger partial charge is 0.496 e. The van der Waals surface area contributed by atoms with Crippen molar-refractivity contribution in [1.82, 2.24) is 20.5 Å². The highest BCUT2D eigenvalue weighted by molar-refractivity contribution is 6.02. The first-order valence-corrected chi connectivity index (χ1v) is 12.8. The van der Waals surface area contributed by atoms with Gasteiger partial charge in [0.25, 0.3) is 5.91 Å². The normalized spacial score (nSPS) is 25.6. The van der Waals surface area contributed by atoms with Crippen LogP contribution in [-0.2, 0) is 14.4 Å². The average Bonchev–Trinajstić information content (AvgIpc) is 3.62. The molecular weight excluding hydrogens is 476 g/mol. The first-order valence-electron chi connectivity index (χ1n) is 12.8. The number of nitrogens with zero attached hydrogens (tertiary/aromatic N) is 1. The Morgan fingerprint density at radius 1 is 1.30 bits per heavy atom. The number of aromatic amines is 1. The minimum absolute atomic E-state index is 0.0368. The number of piperidine rings is 1. The van der Waals surface area contributed by atoms with Crippen molar-refractivity contribution in [2.24, 2.45) is 17.8 Å². The van der Waals surface area contributed by atoms with Crippen molar-refractivity contribution in [3.8, 4) is 5.75 Å². The number of methoxy groups -OCH3 is 1. The third kappa shape index (κ3) is 4.73. The Morgan fingerprint density at radius 2 is 2.14 bits per heavy atom. The van der Waals surface area contributed by atoms with Crippen LogP contribution in [0.25, 0.3) is 10.9 Å². The summed E-state index contributed by atoms with van der Waals surface area (Å²) in [5.41, 5.74) is 1.10. The van der Waals surface area contributed by atoms with Gasteiger partial charge in [-0.15, -0.1) is 0 Å². The topological polar surface area (TPSA) is 141 Å². The number of amides is 3. The lowest BCUT2D eigenvalue weighted by Crippen LogP contribution is -2.54. The number of allylic oxidation sites excluding steroid dienone is 1. The summed E-state index contributed by atoms with van der Waals surface area (Å²) in [5, 5.41) is 15.9. The molecule has 0 bridgehead atoms. The molecule has 5 atom stereocenters. The minimum Gasteiger partial charge on any atom is -0.496 e. The number of likely N-dealkylation sites (tertiary alicyclic amines) is 1. The summed E-state index contributed by atoms with van der Waals surface area (Å²) < 4.78 is 5.41. The Labute approximate surface area is 214 Å². The van der Waals surface area contributed by atoms with E-state index in [-0.39, 0.29) is 30.1 Å². The minimum atomic E-state index is -1.01. The summed E-state index contributed by atoms with van der Waals surface area (Å²) in [5.74, 6) is -1.30. The smallest absolute Gasteiger partial charge is 0.271 e. The van der Waals surface area contributed by atoms with E-state index < -0.39 is 36.3 Å². The molecule has 10 heteroatoms. The summed E-state index contributed by atoms with van der Waals surface area (Å²) in [7, 11) is 1.57. The van der Waals surface area contributed by atoms with Gasteiger partial charge in [0.15, 0.2) is 5.78 Å². The van der Waals surface area contributed by atoms with Gasteiger partial charge in [0.1, 0.15) is 24.1 Å². The highest BCUT2D eigenvalue weighted by atomic mass is 16.5. The van der Waals surface area contributed by atoms with E-state index in [9.17, 15) is 24.3 Å². The Morgan fingerprint density at radius 3 is 2.89 bits per heavy atom. The lowest BCUT2D eigenvalue weighted by atomic mass is 9.89. The van der Waals surface area contributed by atoms with Gasteiger partial charge in [-0.2, -0.15) is 0 Å². The summed E-state index contributed by atoms with van der Waals surface area (Å²) in [6, 6.07) is 5.44. The molecule has 2 saturated heterocycles. The van der Waals surface area contributed by atoms with Gasteiger partial charge in [0.2, 0.25) is 11.8 Å². The molecule has 37 heavy (non-hydrogen) atoms. The van der Waals surface area contributed by atoms with Crippen LogP contribution in [-0.4, -0.2) is 77.4 Å². The van der Waals surface area contributed by atoms with Gasteiger partial charge in [-0.25, -0.2) is 0 Å². The molecule has 10 nitrogen and oxygen atoms in total. The number of ether oxygens (including phenoxy) is 1. The maximum Gasteiger partial charge on any atom is 0.271 e. The highest BCUT2D eigenvalue weighted by Crippen LogP contribution is 2.39. The van der Waals surface area contributed by atoms with Gasteiger partial charge >= 0.3 is 0 Å². The van der Waals surface area contributed by atoms with E-state index >= 15 is 0 Å². The molecule has 2 aromatic rings. The maximum absolute atomic E-state index is 13.7. The Bertz CT molecular complexity index is 1250. The quantitative estimate of drug-likeness (QED) is 0.395. The second kappa shape index (κ2) is 10.4.